The zero-order chi connectivity index (χ0) is 14.0. The van der Waals surface area contributed by atoms with E-state index in [0.29, 0.717) is 0 Å². The van der Waals surface area contributed by atoms with Gasteiger partial charge in [0.05, 0.1) is 16.8 Å². The van der Waals surface area contributed by atoms with Crippen LogP contribution in [0.1, 0.15) is 5.76 Å². The van der Waals surface area contributed by atoms with Gasteiger partial charge in [-0.3, -0.25) is 0 Å². The van der Waals surface area contributed by atoms with E-state index < -0.39 is 10.0 Å². The molecule has 19 heavy (non-hydrogen) atoms. The number of anilines is 1. The van der Waals surface area contributed by atoms with E-state index in [9.17, 15) is 8.42 Å². The van der Waals surface area contributed by atoms with E-state index >= 15 is 0 Å². The lowest BCUT2D eigenvalue weighted by molar-refractivity contribution is 0.527. The fourth-order valence-corrected chi connectivity index (χ4v) is 3.28. The van der Waals surface area contributed by atoms with Crippen molar-refractivity contribution in [2.45, 2.75) is 21.6 Å². The number of sulfonamides is 1. The van der Waals surface area contributed by atoms with Crippen LogP contribution in [-0.2, 0) is 10.0 Å². The Morgan fingerprint density at radius 3 is 2.58 bits per heavy atom. The minimum atomic E-state index is -3.52. The molecular weight excluding hydrogens is 284 g/mol. The summed E-state index contributed by atoms with van der Waals surface area (Å²) in [6.45, 7) is 1.87. The average molecular weight is 298 g/mol. The molecule has 1 heterocycles. The van der Waals surface area contributed by atoms with Gasteiger partial charge in [0.2, 0.25) is 10.0 Å². The number of furan rings is 1. The molecule has 2 aromatic rings. The maximum atomic E-state index is 11.7. The Morgan fingerprint density at radius 2 is 2.05 bits per heavy atom. The Balaban J connectivity index is 2.32. The predicted molar refractivity (Wildman–Crippen MR) is 74.7 cm³/mol. The second-order valence-electron chi connectivity index (χ2n) is 3.85. The smallest absolute Gasteiger partial charge is 0.242 e. The fourth-order valence-electron chi connectivity index (χ4n) is 1.55. The second-order valence-corrected chi connectivity index (χ2v) is 6.82. The number of rotatable bonds is 4. The Labute approximate surface area is 116 Å². The molecular formula is C12H14N2O3S2. The van der Waals surface area contributed by atoms with E-state index in [1.54, 1.807) is 18.4 Å². The van der Waals surface area contributed by atoms with E-state index in [-0.39, 0.29) is 10.6 Å². The minimum absolute atomic E-state index is 0.0864. The van der Waals surface area contributed by atoms with Gasteiger partial charge in [0.1, 0.15) is 10.7 Å². The van der Waals surface area contributed by atoms with Crippen LogP contribution in [0.25, 0.3) is 0 Å². The average Bonchev–Trinajstić information content (AvgIpc) is 2.75. The Morgan fingerprint density at radius 1 is 1.32 bits per heavy atom. The van der Waals surface area contributed by atoms with Gasteiger partial charge >= 0.3 is 0 Å². The van der Waals surface area contributed by atoms with E-state index in [2.05, 4.69) is 4.72 Å². The Kier molecular flexibility index (Phi) is 3.88. The number of hydrogen-bond acceptors (Lipinski definition) is 5. The zero-order valence-corrected chi connectivity index (χ0v) is 12.1. The second kappa shape index (κ2) is 5.28. The molecule has 0 bridgehead atoms. The van der Waals surface area contributed by atoms with E-state index in [1.165, 1.54) is 24.9 Å². The van der Waals surface area contributed by atoms with Crippen LogP contribution < -0.4 is 10.5 Å². The van der Waals surface area contributed by atoms with Crippen molar-refractivity contribution in [2.75, 3.05) is 12.8 Å². The Bertz CT molecular complexity index is 693. The van der Waals surface area contributed by atoms with Crippen molar-refractivity contribution in [3.05, 3.63) is 36.3 Å². The number of nitrogens with two attached hydrogens (primary N) is 1. The predicted octanol–water partition coefficient (Wildman–Crippen LogP) is 2.23. The van der Waals surface area contributed by atoms with Gasteiger partial charge in [-0.05, 0) is 38.2 Å². The van der Waals surface area contributed by atoms with E-state index in [0.717, 1.165) is 15.6 Å². The van der Waals surface area contributed by atoms with E-state index in [4.69, 9.17) is 10.2 Å². The molecule has 0 spiro atoms. The molecule has 5 nitrogen and oxygen atoms in total. The molecule has 1 aromatic carbocycles. The quantitative estimate of drug-likeness (QED) is 0.845. The standard InChI is InChI=1S/C12H14N2O3S2/c1-8-11(5-6-17-8)18-9-3-4-12(10(13)7-9)19(15,16)14-2/h3-7,14H,13H2,1-2H3. The molecule has 2 rings (SSSR count). The molecule has 0 aliphatic rings. The first kappa shape index (κ1) is 14.0. The summed E-state index contributed by atoms with van der Waals surface area (Å²) in [4.78, 5) is 1.92. The van der Waals surface area contributed by atoms with Crippen molar-refractivity contribution in [3.8, 4) is 0 Å². The van der Waals surface area contributed by atoms with Gasteiger partial charge in [-0.1, -0.05) is 11.8 Å². The van der Waals surface area contributed by atoms with Crippen LogP contribution >= 0.6 is 11.8 Å². The summed E-state index contributed by atoms with van der Waals surface area (Å²) in [5, 5.41) is 0. The first-order chi connectivity index (χ1) is 8.94. The van der Waals surface area contributed by atoms with Gasteiger partial charge in [-0.25, -0.2) is 13.1 Å². The zero-order valence-electron chi connectivity index (χ0n) is 10.5. The van der Waals surface area contributed by atoms with Crippen molar-refractivity contribution in [1.29, 1.82) is 0 Å². The fraction of sp³-hybridized carbons (Fsp3) is 0.167. The van der Waals surface area contributed by atoms with Crippen LogP contribution in [0.3, 0.4) is 0 Å². The van der Waals surface area contributed by atoms with E-state index in [1.807, 2.05) is 13.0 Å². The van der Waals surface area contributed by atoms with Crippen LogP contribution in [-0.4, -0.2) is 15.5 Å². The maximum Gasteiger partial charge on any atom is 0.242 e. The number of nitrogen functional groups attached to an aromatic ring is 1. The van der Waals surface area contributed by atoms with Crippen LogP contribution in [0.4, 0.5) is 5.69 Å². The van der Waals surface area contributed by atoms with Gasteiger partial charge in [-0.2, -0.15) is 0 Å². The molecule has 0 atom stereocenters. The first-order valence-electron chi connectivity index (χ1n) is 5.49. The topological polar surface area (TPSA) is 85.3 Å². The van der Waals surface area contributed by atoms with Gasteiger partial charge in [-0.15, -0.1) is 0 Å². The van der Waals surface area contributed by atoms with Crippen LogP contribution in [0.15, 0.2) is 49.6 Å². The summed E-state index contributed by atoms with van der Waals surface area (Å²) >= 11 is 1.47. The lowest BCUT2D eigenvalue weighted by atomic mass is 10.3. The molecule has 7 heteroatoms. The largest absolute Gasteiger partial charge is 0.468 e. The lowest BCUT2D eigenvalue weighted by Crippen LogP contribution is -2.19. The molecule has 0 saturated heterocycles. The van der Waals surface area contributed by atoms with Crippen molar-refractivity contribution < 1.29 is 12.8 Å². The van der Waals surface area contributed by atoms with Crippen LogP contribution in [0.2, 0.25) is 0 Å². The first-order valence-corrected chi connectivity index (χ1v) is 7.79. The summed E-state index contributed by atoms with van der Waals surface area (Å²) < 4.78 is 30.8. The number of aryl methyl sites for hydroxylation is 1. The molecule has 0 aliphatic heterocycles. The van der Waals surface area contributed by atoms with Crippen LogP contribution in [0.5, 0.6) is 0 Å². The highest BCUT2D eigenvalue weighted by atomic mass is 32.2. The summed E-state index contributed by atoms with van der Waals surface area (Å²) in [6, 6.07) is 6.71. The number of hydrogen-bond donors (Lipinski definition) is 2. The molecule has 0 unspecified atom stereocenters. The normalized spacial score (nSPS) is 11.7. The highest BCUT2D eigenvalue weighted by Crippen LogP contribution is 2.33. The van der Waals surface area contributed by atoms with Crippen molar-refractivity contribution in [1.82, 2.24) is 4.72 Å². The monoisotopic (exact) mass is 298 g/mol. The van der Waals surface area contributed by atoms with Crippen LogP contribution in [0, 0.1) is 6.92 Å². The summed E-state index contributed by atoms with van der Waals surface area (Å²) in [6.07, 6.45) is 1.61. The molecule has 0 amide bonds. The van der Waals surface area contributed by atoms with Gasteiger partial charge in [0.25, 0.3) is 0 Å². The number of benzene rings is 1. The van der Waals surface area contributed by atoms with Crippen molar-refractivity contribution >= 4 is 27.5 Å². The third-order valence-corrected chi connectivity index (χ3v) is 5.20. The molecule has 1 aromatic heterocycles. The third-order valence-electron chi connectivity index (χ3n) is 2.58. The summed E-state index contributed by atoms with van der Waals surface area (Å²) in [5.74, 6) is 0.815. The summed E-state index contributed by atoms with van der Waals surface area (Å²) in [7, 11) is -2.17. The Hall–Kier alpha value is -1.44. The van der Waals surface area contributed by atoms with Crippen molar-refractivity contribution in [3.63, 3.8) is 0 Å². The summed E-state index contributed by atoms with van der Waals surface area (Å²) in [5.41, 5.74) is 6.02. The van der Waals surface area contributed by atoms with Gasteiger partial charge in [0, 0.05) is 4.90 Å². The molecule has 0 saturated carbocycles. The molecule has 0 radical (unpaired) electrons. The third kappa shape index (κ3) is 2.94. The highest BCUT2D eigenvalue weighted by molar-refractivity contribution is 7.99. The molecule has 0 fully saturated rings. The minimum Gasteiger partial charge on any atom is -0.468 e. The SMILES string of the molecule is CNS(=O)(=O)c1ccc(Sc2ccoc2C)cc1N. The highest BCUT2D eigenvalue weighted by Gasteiger charge is 2.15. The van der Waals surface area contributed by atoms with Gasteiger partial charge in [0.15, 0.2) is 0 Å². The lowest BCUT2D eigenvalue weighted by Gasteiger charge is -2.08. The molecule has 102 valence electrons. The van der Waals surface area contributed by atoms with Gasteiger partial charge < -0.3 is 10.2 Å². The number of nitrogens with one attached hydrogen (secondary N) is 1. The maximum absolute atomic E-state index is 11.7. The molecule has 0 aliphatic carbocycles. The molecule has 3 N–H and O–H groups in total. The van der Waals surface area contributed by atoms with Crippen molar-refractivity contribution in [2.24, 2.45) is 0 Å².